The summed E-state index contributed by atoms with van der Waals surface area (Å²) in [4.78, 5) is 13.3. The van der Waals surface area contributed by atoms with Crippen LogP contribution in [-0.4, -0.2) is 28.6 Å². The second-order valence-corrected chi connectivity index (χ2v) is 4.80. The van der Waals surface area contributed by atoms with Crippen LogP contribution in [0.2, 0.25) is 0 Å². The number of hydrogen-bond donors (Lipinski definition) is 1. The molecule has 0 aliphatic carbocycles. The van der Waals surface area contributed by atoms with E-state index in [1.165, 1.54) is 0 Å². The SMILES string of the molecule is CCNc1cc(-c2cncc(OC)c2)nc(C(C)C)n1. The van der Waals surface area contributed by atoms with E-state index in [-0.39, 0.29) is 5.92 Å². The number of ether oxygens (including phenoxy) is 1. The Labute approximate surface area is 119 Å². The van der Waals surface area contributed by atoms with Crippen molar-refractivity contribution in [1.82, 2.24) is 15.0 Å². The summed E-state index contributed by atoms with van der Waals surface area (Å²) < 4.78 is 5.21. The van der Waals surface area contributed by atoms with E-state index in [0.717, 1.165) is 35.2 Å². The lowest BCUT2D eigenvalue weighted by molar-refractivity contribution is 0.413. The Morgan fingerprint density at radius 1 is 1.20 bits per heavy atom. The van der Waals surface area contributed by atoms with Gasteiger partial charge in [-0.1, -0.05) is 13.8 Å². The summed E-state index contributed by atoms with van der Waals surface area (Å²) in [7, 11) is 1.63. The predicted octanol–water partition coefficient (Wildman–Crippen LogP) is 3.10. The van der Waals surface area contributed by atoms with Crippen LogP contribution < -0.4 is 10.1 Å². The normalized spacial score (nSPS) is 10.7. The van der Waals surface area contributed by atoms with Gasteiger partial charge in [-0.2, -0.15) is 0 Å². The minimum Gasteiger partial charge on any atom is -0.495 e. The van der Waals surface area contributed by atoms with E-state index >= 15 is 0 Å². The van der Waals surface area contributed by atoms with Crippen LogP contribution in [-0.2, 0) is 0 Å². The summed E-state index contributed by atoms with van der Waals surface area (Å²) in [5, 5.41) is 3.24. The Hall–Kier alpha value is -2.17. The lowest BCUT2D eigenvalue weighted by Gasteiger charge is -2.11. The smallest absolute Gasteiger partial charge is 0.137 e. The van der Waals surface area contributed by atoms with Gasteiger partial charge in [-0.25, -0.2) is 9.97 Å². The fraction of sp³-hybridized carbons (Fsp3) is 0.400. The second kappa shape index (κ2) is 6.32. The highest BCUT2D eigenvalue weighted by atomic mass is 16.5. The van der Waals surface area contributed by atoms with Crippen molar-refractivity contribution in [1.29, 1.82) is 0 Å². The van der Waals surface area contributed by atoms with E-state index in [1.807, 2.05) is 19.1 Å². The van der Waals surface area contributed by atoms with Gasteiger partial charge in [0.25, 0.3) is 0 Å². The Bertz CT molecular complexity index is 584. The largest absolute Gasteiger partial charge is 0.495 e. The molecule has 0 amide bonds. The quantitative estimate of drug-likeness (QED) is 0.906. The fourth-order valence-electron chi connectivity index (χ4n) is 1.81. The van der Waals surface area contributed by atoms with Crippen molar-refractivity contribution in [3.8, 4) is 17.0 Å². The van der Waals surface area contributed by atoms with Crippen molar-refractivity contribution < 1.29 is 4.74 Å². The summed E-state index contributed by atoms with van der Waals surface area (Å²) >= 11 is 0. The number of methoxy groups -OCH3 is 1. The van der Waals surface area contributed by atoms with Crippen molar-refractivity contribution in [2.24, 2.45) is 0 Å². The Balaban J connectivity index is 2.48. The Kier molecular flexibility index (Phi) is 4.50. The molecule has 0 atom stereocenters. The molecular formula is C15H20N4O. The molecule has 2 rings (SSSR count). The second-order valence-electron chi connectivity index (χ2n) is 4.80. The summed E-state index contributed by atoms with van der Waals surface area (Å²) in [6.07, 6.45) is 3.46. The molecule has 0 aliphatic rings. The molecule has 2 aromatic rings. The Morgan fingerprint density at radius 2 is 2.00 bits per heavy atom. The van der Waals surface area contributed by atoms with E-state index in [9.17, 15) is 0 Å². The zero-order chi connectivity index (χ0) is 14.5. The topological polar surface area (TPSA) is 59.9 Å². The van der Waals surface area contributed by atoms with Gasteiger partial charge in [-0.05, 0) is 13.0 Å². The zero-order valence-corrected chi connectivity index (χ0v) is 12.3. The minimum absolute atomic E-state index is 0.269. The van der Waals surface area contributed by atoms with E-state index < -0.39 is 0 Å². The van der Waals surface area contributed by atoms with Crippen molar-refractivity contribution in [3.63, 3.8) is 0 Å². The summed E-state index contributed by atoms with van der Waals surface area (Å²) in [6.45, 7) is 7.03. The molecule has 2 heterocycles. The predicted molar refractivity (Wildman–Crippen MR) is 80.1 cm³/mol. The van der Waals surface area contributed by atoms with Gasteiger partial charge >= 0.3 is 0 Å². The maximum atomic E-state index is 5.21. The molecule has 5 heteroatoms. The zero-order valence-electron chi connectivity index (χ0n) is 12.3. The molecule has 20 heavy (non-hydrogen) atoms. The van der Waals surface area contributed by atoms with Crippen LogP contribution in [0.1, 0.15) is 32.5 Å². The standard InChI is InChI=1S/C15H20N4O/c1-5-17-14-7-13(18-15(19-14)10(2)3)11-6-12(20-4)9-16-8-11/h6-10H,5H2,1-4H3,(H,17,18,19). The van der Waals surface area contributed by atoms with Gasteiger partial charge in [0, 0.05) is 30.3 Å². The first kappa shape index (κ1) is 14.2. The number of anilines is 1. The van der Waals surface area contributed by atoms with Gasteiger partial charge in [0.05, 0.1) is 19.0 Å². The Morgan fingerprint density at radius 3 is 2.65 bits per heavy atom. The van der Waals surface area contributed by atoms with Gasteiger partial charge in [-0.3, -0.25) is 4.98 Å². The molecule has 5 nitrogen and oxygen atoms in total. The first-order valence-electron chi connectivity index (χ1n) is 6.76. The third kappa shape index (κ3) is 3.23. The van der Waals surface area contributed by atoms with Crippen molar-refractivity contribution >= 4 is 5.82 Å². The highest BCUT2D eigenvalue weighted by Gasteiger charge is 2.10. The van der Waals surface area contributed by atoms with Crippen LogP contribution in [0.25, 0.3) is 11.3 Å². The molecule has 0 radical (unpaired) electrons. The van der Waals surface area contributed by atoms with Gasteiger partial charge in [0.15, 0.2) is 0 Å². The average molecular weight is 272 g/mol. The van der Waals surface area contributed by atoms with E-state index in [2.05, 4.69) is 34.1 Å². The van der Waals surface area contributed by atoms with Gasteiger partial charge in [0.2, 0.25) is 0 Å². The van der Waals surface area contributed by atoms with E-state index in [4.69, 9.17) is 4.74 Å². The van der Waals surface area contributed by atoms with Crippen LogP contribution in [0, 0.1) is 0 Å². The number of pyridine rings is 1. The lowest BCUT2D eigenvalue weighted by Crippen LogP contribution is -2.06. The highest BCUT2D eigenvalue weighted by Crippen LogP contribution is 2.24. The first-order chi connectivity index (χ1) is 9.63. The lowest BCUT2D eigenvalue weighted by atomic mass is 10.1. The van der Waals surface area contributed by atoms with Gasteiger partial charge < -0.3 is 10.1 Å². The van der Waals surface area contributed by atoms with E-state index in [1.54, 1.807) is 19.5 Å². The van der Waals surface area contributed by atoms with Gasteiger partial charge in [-0.15, -0.1) is 0 Å². The third-order valence-corrected chi connectivity index (χ3v) is 2.86. The fourth-order valence-corrected chi connectivity index (χ4v) is 1.81. The molecule has 0 bridgehead atoms. The number of hydrogen-bond acceptors (Lipinski definition) is 5. The van der Waals surface area contributed by atoms with Crippen LogP contribution in [0.3, 0.4) is 0 Å². The molecular weight excluding hydrogens is 252 g/mol. The van der Waals surface area contributed by atoms with Crippen LogP contribution >= 0.6 is 0 Å². The number of rotatable bonds is 5. The summed E-state index contributed by atoms with van der Waals surface area (Å²) in [5.41, 5.74) is 1.78. The summed E-state index contributed by atoms with van der Waals surface area (Å²) in [5.74, 6) is 2.65. The molecule has 0 spiro atoms. The molecule has 0 aromatic carbocycles. The molecule has 0 saturated carbocycles. The van der Waals surface area contributed by atoms with Crippen molar-refractivity contribution in [2.45, 2.75) is 26.7 Å². The number of aromatic nitrogens is 3. The molecule has 0 unspecified atom stereocenters. The van der Waals surface area contributed by atoms with Crippen molar-refractivity contribution in [3.05, 3.63) is 30.4 Å². The molecule has 2 aromatic heterocycles. The minimum atomic E-state index is 0.269. The molecule has 0 fully saturated rings. The highest BCUT2D eigenvalue weighted by molar-refractivity contribution is 5.63. The third-order valence-electron chi connectivity index (χ3n) is 2.86. The van der Waals surface area contributed by atoms with E-state index in [0.29, 0.717) is 0 Å². The maximum absolute atomic E-state index is 5.21. The molecule has 1 N–H and O–H groups in total. The van der Waals surface area contributed by atoms with Crippen molar-refractivity contribution in [2.75, 3.05) is 19.0 Å². The average Bonchev–Trinajstić information content (AvgIpc) is 2.47. The van der Waals surface area contributed by atoms with Crippen LogP contribution in [0.15, 0.2) is 24.5 Å². The first-order valence-corrected chi connectivity index (χ1v) is 6.76. The molecule has 106 valence electrons. The molecule has 0 aliphatic heterocycles. The monoisotopic (exact) mass is 272 g/mol. The number of nitrogens with one attached hydrogen (secondary N) is 1. The molecule has 0 saturated heterocycles. The number of nitrogens with zero attached hydrogens (tertiary/aromatic N) is 3. The van der Waals surface area contributed by atoms with Crippen LogP contribution in [0.4, 0.5) is 5.82 Å². The van der Waals surface area contributed by atoms with Crippen LogP contribution in [0.5, 0.6) is 5.75 Å². The maximum Gasteiger partial charge on any atom is 0.137 e. The van der Waals surface area contributed by atoms with Gasteiger partial charge in [0.1, 0.15) is 17.4 Å². The summed E-state index contributed by atoms with van der Waals surface area (Å²) in [6, 6.07) is 3.86.